The van der Waals surface area contributed by atoms with E-state index in [1.807, 2.05) is 0 Å². The number of hydrogen-bond acceptors (Lipinski definition) is 3. The molecular formula is C21H31IN4S. The Morgan fingerprint density at radius 1 is 1.22 bits per heavy atom. The van der Waals surface area contributed by atoms with Crippen LogP contribution in [0.25, 0.3) is 0 Å². The van der Waals surface area contributed by atoms with Crippen LogP contribution < -0.4 is 15.5 Å². The first kappa shape index (κ1) is 22.0. The highest BCUT2D eigenvalue weighted by Gasteiger charge is 2.20. The van der Waals surface area contributed by atoms with Crippen molar-refractivity contribution in [3.63, 3.8) is 0 Å². The normalized spacial score (nSPS) is 16.5. The van der Waals surface area contributed by atoms with E-state index in [1.165, 1.54) is 11.3 Å². The summed E-state index contributed by atoms with van der Waals surface area (Å²) in [6, 6.07) is 13.4. The van der Waals surface area contributed by atoms with E-state index in [0.717, 1.165) is 45.0 Å². The van der Waals surface area contributed by atoms with Crippen LogP contribution in [0.1, 0.15) is 38.2 Å². The summed E-state index contributed by atoms with van der Waals surface area (Å²) < 4.78 is 0. The Morgan fingerprint density at radius 2 is 1.96 bits per heavy atom. The van der Waals surface area contributed by atoms with Gasteiger partial charge in [0.1, 0.15) is 0 Å². The molecule has 2 aromatic rings. The van der Waals surface area contributed by atoms with Crippen LogP contribution in [0.3, 0.4) is 0 Å². The van der Waals surface area contributed by atoms with Gasteiger partial charge >= 0.3 is 0 Å². The van der Waals surface area contributed by atoms with E-state index >= 15 is 0 Å². The lowest BCUT2D eigenvalue weighted by atomic mass is 10.0. The number of para-hydroxylation sites is 1. The van der Waals surface area contributed by atoms with Gasteiger partial charge in [0.2, 0.25) is 0 Å². The molecule has 27 heavy (non-hydrogen) atoms. The fraction of sp³-hybridized carbons (Fsp3) is 0.476. The van der Waals surface area contributed by atoms with Gasteiger partial charge < -0.3 is 15.5 Å². The molecule has 3 rings (SSSR count). The fourth-order valence-electron chi connectivity index (χ4n) is 3.32. The lowest BCUT2D eigenvalue weighted by Gasteiger charge is -2.34. The molecule has 4 nitrogen and oxygen atoms in total. The van der Waals surface area contributed by atoms with E-state index in [4.69, 9.17) is 4.99 Å². The Kier molecular flexibility index (Phi) is 9.41. The summed E-state index contributed by atoms with van der Waals surface area (Å²) in [5.74, 6) is 1.41. The summed E-state index contributed by atoms with van der Waals surface area (Å²) >= 11 is 1.75. The second kappa shape index (κ2) is 11.5. The lowest BCUT2D eigenvalue weighted by molar-refractivity contribution is 0.461. The second-order valence-corrected chi connectivity index (χ2v) is 7.70. The van der Waals surface area contributed by atoms with E-state index in [1.54, 1.807) is 11.3 Å². The van der Waals surface area contributed by atoms with Crippen molar-refractivity contribution < 1.29 is 0 Å². The third-order valence-corrected chi connectivity index (χ3v) is 5.64. The summed E-state index contributed by atoms with van der Waals surface area (Å²) in [6.07, 6.45) is 2.28. The Labute approximate surface area is 184 Å². The van der Waals surface area contributed by atoms with Crippen LogP contribution in [-0.4, -0.2) is 38.2 Å². The summed E-state index contributed by atoms with van der Waals surface area (Å²) in [7, 11) is 0. The first-order chi connectivity index (χ1) is 12.8. The number of halogens is 1. The Bertz CT molecular complexity index is 667. The van der Waals surface area contributed by atoms with Crippen molar-refractivity contribution in [2.24, 2.45) is 4.99 Å². The molecule has 1 aliphatic rings. The number of anilines is 1. The van der Waals surface area contributed by atoms with Crippen LogP contribution in [0.2, 0.25) is 0 Å². The molecule has 6 heteroatoms. The van der Waals surface area contributed by atoms with E-state index in [9.17, 15) is 0 Å². The van der Waals surface area contributed by atoms with Crippen LogP contribution in [0.15, 0.2) is 52.2 Å². The molecule has 1 fully saturated rings. The SMILES string of the molecule is CCNC(=NCC(C)c1ccsc1)NC1CCN(c2ccccc2)CC1.I. The van der Waals surface area contributed by atoms with Crippen LogP contribution in [0, 0.1) is 0 Å². The monoisotopic (exact) mass is 498 g/mol. The third-order valence-electron chi connectivity index (χ3n) is 4.94. The van der Waals surface area contributed by atoms with Crippen LogP contribution >= 0.6 is 35.3 Å². The number of guanidine groups is 1. The van der Waals surface area contributed by atoms with Crippen molar-refractivity contribution in [3.8, 4) is 0 Å². The largest absolute Gasteiger partial charge is 0.371 e. The van der Waals surface area contributed by atoms with Gasteiger partial charge in [-0.25, -0.2) is 0 Å². The smallest absolute Gasteiger partial charge is 0.191 e. The minimum Gasteiger partial charge on any atom is -0.371 e. The number of rotatable bonds is 6. The van der Waals surface area contributed by atoms with Gasteiger partial charge in [0, 0.05) is 43.8 Å². The van der Waals surface area contributed by atoms with E-state index in [-0.39, 0.29) is 24.0 Å². The van der Waals surface area contributed by atoms with Gasteiger partial charge in [-0.1, -0.05) is 25.1 Å². The first-order valence-electron chi connectivity index (χ1n) is 9.63. The quantitative estimate of drug-likeness (QED) is 0.345. The molecule has 1 atom stereocenters. The van der Waals surface area contributed by atoms with Crippen LogP contribution in [-0.2, 0) is 0 Å². The minimum atomic E-state index is 0. The summed E-state index contributed by atoms with van der Waals surface area (Å²) in [5.41, 5.74) is 2.71. The summed E-state index contributed by atoms with van der Waals surface area (Å²) in [4.78, 5) is 7.30. The second-order valence-electron chi connectivity index (χ2n) is 6.92. The highest BCUT2D eigenvalue weighted by Crippen LogP contribution is 2.20. The van der Waals surface area contributed by atoms with Gasteiger partial charge in [0.05, 0.1) is 0 Å². The first-order valence-corrected chi connectivity index (χ1v) is 10.6. The standard InChI is InChI=1S/C21H30N4S.HI/c1-3-22-21(23-15-17(2)18-11-14-26-16-18)24-19-9-12-25(13-10-19)20-7-5-4-6-8-20;/h4-8,11,14,16-17,19H,3,9-10,12-13,15H2,1-2H3,(H2,22,23,24);1H. The highest BCUT2D eigenvalue weighted by molar-refractivity contribution is 14.0. The minimum absolute atomic E-state index is 0. The summed E-state index contributed by atoms with van der Waals surface area (Å²) in [6.45, 7) is 8.25. The van der Waals surface area contributed by atoms with Crippen molar-refractivity contribution in [1.82, 2.24) is 10.6 Å². The predicted octanol–water partition coefficient (Wildman–Crippen LogP) is 4.69. The number of nitrogens with zero attached hydrogens (tertiary/aromatic N) is 2. The van der Waals surface area contributed by atoms with Crippen molar-refractivity contribution in [3.05, 3.63) is 52.7 Å². The Morgan fingerprint density at radius 3 is 2.59 bits per heavy atom. The number of thiophene rings is 1. The average Bonchev–Trinajstić information content (AvgIpc) is 3.22. The zero-order valence-corrected chi connectivity index (χ0v) is 19.4. The molecule has 0 spiro atoms. The number of benzene rings is 1. The van der Waals surface area contributed by atoms with E-state index in [2.05, 4.69) is 76.5 Å². The Balaban J connectivity index is 0.00000261. The van der Waals surface area contributed by atoms with Gasteiger partial charge in [-0.05, 0) is 54.3 Å². The van der Waals surface area contributed by atoms with Crippen molar-refractivity contribution >= 4 is 47.0 Å². The summed E-state index contributed by atoms with van der Waals surface area (Å²) in [5, 5.41) is 11.4. The van der Waals surface area contributed by atoms with Crippen molar-refractivity contribution in [2.45, 2.75) is 38.6 Å². The van der Waals surface area contributed by atoms with Crippen LogP contribution in [0.5, 0.6) is 0 Å². The maximum absolute atomic E-state index is 4.83. The Hall–Kier alpha value is -1.28. The maximum Gasteiger partial charge on any atom is 0.191 e. The molecule has 2 N–H and O–H groups in total. The highest BCUT2D eigenvalue weighted by atomic mass is 127. The van der Waals surface area contributed by atoms with Gasteiger partial charge in [-0.3, -0.25) is 4.99 Å². The molecular weight excluding hydrogens is 467 g/mol. The van der Waals surface area contributed by atoms with Gasteiger partial charge in [-0.15, -0.1) is 24.0 Å². The molecule has 0 bridgehead atoms. The van der Waals surface area contributed by atoms with Gasteiger partial charge in [0.15, 0.2) is 5.96 Å². The topological polar surface area (TPSA) is 39.7 Å². The zero-order valence-electron chi connectivity index (χ0n) is 16.2. The number of hydrogen-bond donors (Lipinski definition) is 2. The van der Waals surface area contributed by atoms with Gasteiger partial charge in [-0.2, -0.15) is 11.3 Å². The number of aliphatic imine (C=N–C) groups is 1. The molecule has 0 aliphatic carbocycles. The molecule has 148 valence electrons. The lowest BCUT2D eigenvalue weighted by Crippen LogP contribution is -2.48. The van der Waals surface area contributed by atoms with Crippen molar-refractivity contribution in [1.29, 1.82) is 0 Å². The molecule has 0 amide bonds. The van der Waals surface area contributed by atoms with Crippen LogP contribution in [0.4, 0.5) is 5.69 Å². The molecule has 2 heterocycles. The fourth-order valence-corrected chi connectivity index (χ4v) is 4.11. The molecule has 1 aromatic carbocycles. The average molecular weight is 498 g/mol. The third kappa shape index (κ3) is 6.68. The molecule has 1 aromatic heterocycles. The van der Waals surface area contributed by atoms with E-state index in [0.29, 0.717) is 12.0 Å². The zero-order chi connectivity index (χ0) is 18.2. The molecule has 0 saturated carbocycles. The molecule has 1 aliphatic heterocycles. The molecule has 0 radical (unpaired) electrons. The van der Waals surface area contributed by atoms with Gasteiger partial charge in [0.25, 0.3) is 0 Å². The number of piperidine rings is 1. The maximum atomic E-state index is 4.83. The molecule has 1 unspecified atom stereocenters. The molecule has 1 saturated heterocycles. The van der Waals surface area contributed by atoms with Crippen molar-refractivity contribution in [2.75, 3.05) is 31.1 Å². The predicted molar refractivity (Wildman–Crippen MR) is 129 cm³/mol. The van der Waals surface area contributed by atoms with E-state index < -0.39 is 0 Å². The number of nitrogens with one attached hydrogen (secondary N) is 2.